The number of benzene rings is 1. The van der Waals surface area contributed by atoms with Gasteiger partial charge in [0.05, 0.1) is 18.6 Å². The smallest absolute Gasteiger partial charge is 0.308 e. The second-order valence-corrected chi connectivity index (χ2v) is 10.4. The number of nitrogens with one attached hydrogen (secondary N) is 2. The van der Waals surface area contributed by atoms with Crippen molar-refractivity contribution in [3.63, 3.8) is 0 Å². The molecule has 0 radical (unpaired) electrons. The molecule has 2 N–H and O–H groups in total. The van der Waals surface area contributed by atoms with Gasteiger partial charge in [0.15, 0.2) is 5.11 Å². The number of carbonyl (C=O) groups is 3. The van der Waals surface area contributed by atoms with Crippen LogP contribution < -0.4 is 10.6 Å². The van der Waals surface area contributed by atoms with Crippen LogP contribution in [0.3, 0.4) is 0 Å². The summed E-state index contributed by atoms with van der Waals surface area (Å²) < 4.78 is 6.18. The van der Waals surface area contributed by atoms with Crippen LogP contribution in [0.15, 0.2) is 24.3 Å². The van der Waals surface area contributed by atoms with E-state index in [1.54, 1.807) is 17.0 Å². The molecule has 1 heterocycles. The normalized spacial score (nSPS) is 15.4. The van der Waals surface area contributed by atoms with Crippen LogP contribution in [0.1, 0.15) is 87.9 Å². The van der Waals surface area contributed by atoms with Crippen molar-refractivity contribution in [2.45, 2.75) is 83.6 Å². The molecule has 0 spiro atoms. The number of hydrogen-bond donors (Lipinski definition) is 2. The molecule has 1 aliphatic rings. The predicted molar refractivity (Wildman–Crippen MR) is 150 cm³/mol. The van der Waals surface area contributed by atoms with Gasteiger partial charge in [0, 0.05) is 16.7 Å². The van der Waals surface area contributed by atoms with Crippen LogP contribution in [0.25, 0.3) is 0 Å². The number of nitrogens with zero attached hydrogens (tertiary/aromatic N) is 1. The van der Waals surface area contributed by atoms with Gasteiger partial charge in [-0.25, -0.2) is 0 Å². The maximum atomic E-state index is 12.6. The van der Waals surface area contributed by atoms with Crippen molar-refractivity contribution in [1.29, 1.82) is 0 Å². The highest BCUT2D eigenvalue weighted by Gasteiger charge is 2.34. The Balaban J connectivity index is 1.71. The Hall–Kier alpha value is -1.75. The van der Waals surface area contributed by atoms with E-state index in [4.69, 9.17) is 17.0 Å². The van der Waals surface area contributed by atoms with Crippen molar-refractivity contribution in [1.82, 2.24) is 15.5 Å². The number of rotatable bonds is 14. The molecule has 1 aromatic rings. The first kappa shape index (κ1) is 29.5. The van der Waals surface area contributed by atoms with E-state index >= 15 is 0 Å². The maximum absolute atomic E-state index is 12.6. The van der Waals surface area contributed by atoms with E-state index in [9.17, 15) is 14.4 Å². The molecule has 0 aliphatic carbocycles. The zero-order valence-corrected chi connectivity index (χ0v) is 23.6. The third kappa shape index (κ3) is 10.8. The summed E-state index contributed by atoms with van der Waals surface area (Å²) in [4.78, 5) is 39.1. The van der Waals surface area contributed by atoms with Gasteiger partial charge < -0.3 is 15.0 Å². The van der Waals surface area contributed by atoms with E-state index in [1.807, 2.05) is 12.1 Å². The molecule has 1 unspecified atom stereocenters. The average Bonchev–Trinajstić information content (AvgIpc) is 2.84. The molecule has 0 saturated carbocycles. The lowest BCUT2D eigenvalue weighted by Crippen LogP contribution is -2.60. The molecule has 1 fully saturated rings. The van der Waals surface area contributed by atoms with Crippen LogP contribution in [-0.4, -0.2) is 53.5 Å². The third-order valence-corrected chi connectivity index (χ3v) is 7.33. The lowest BCUT2D eigenvalue weighted by Gasteiger charge is -2.36. The number of amides is 2. The number of esters is 1. The minimum atomic E-state index is -0.799. The quantitative estimate of drug-likeness (QED) is 0.133. The van der Waals surface area contributed by atoms with Crippen molar-refractivity contribution >= 4 is 57.7 Å². The predicted octanol–water partition coefficient (Wildman–Crippen LogP) is 4.96. The molecule has 1 aromatic carbocycles. The number of carbonyl (C=O) groups excluding carboxylic acids is 3. The highest BCUT2D eigenvalue weighted by molar-refractivity contribution is 14.1. The summed E-state index contributed by atoms with van der Waals surface area (Å²) in [5.41, 5.74) is 0.504. The van der Waals surface area contributed by atoms with Crippen LogP contribution in [0.4, 0.5) is 0 Å². The molecule has 2 amide bonds. The first-order valence-electron chi connectivity index (χ1n) is 12.7. The molecule has 35 heavy (non-hydrogen) atoms. The fraction of sp³-hybridized carbons (Fsp3) is 0.615. The lowest BCUT2D eigenvalue weighted by atomic mass is 10.1. The van der Waals surface area contributed by atoms with E-state index in [1.165, 1.54) is 44.9 Å². The zero-order valence-electron chi connectivity index (χ0n) is 20.7. The molecule has 9 heteroatoms. The van der Waals surface area contributed by atoms with Gasteiger partial charge in [-0.2, -0.15) is 0 Å². The topological polar surface area (TPSA) is 87.7 Å². The molecule has 2 rings (SSSR count). The van der Waals surface area contributed by atoms with Crippen LogP contribution in [0.2, 0.25) is 0 Å². The maximum Gasteiger partial charge on any atom is 0.308 e. The molecule has 0 aromatic heterocycles. The molecule has 194 valence electrons. The summed E-state index contributed by atoms with van der Waals surface area (Å²) in [6, 6.07) is 6.38. The fourth-order valence-electron chi connectivity index (χ4n) is 4.03. The molecule has 1 aliphatic heterocycles. The highest BCUT2D eigenvalue weighted by atomic mass is 127. The van der Waals surface area contributed by atoms with Crippen molar-refractivity contribution in [3.05, 3.63) is 33.4 Å². The Morgan fingerprint density at radius 3 is 2.37 bits per heavy atom. The summed E-state index contributed by atoms with van der Waals surface area (Å²) >= 11 is 7.51. The number of unbranched alkanes of at least 4 members (excludes halogenated alkanes) is 9. The van der Waals surface area contributed by atoms with Crippen molar-refractivity contribution in [3.8, 4) is 0 Å². The Labute approximate surface area is 228 Å². The van der Waals surface area contributed by atoms with Gasteiger partial charge in [-0.05, 0) is 53.4 Å². The third-order valence-electron chi connectivity index (χ3n) is 6.05. The zero-order chi connectivity index (χ0) is 25.5. The lowest BCUT2D eigenvalue weighted by molar-refractivity contribution is -0.147. The van der Waals surface area contributed by atoms with Crippen molar-refractivity contribution in [2.75, 3.05) is 19.7 Å². The standard InChI is InChI=1S/C26H38IN3O4S/c1-2-3-4-5-6-7-8-9-10-13-18-34-23(31)19-22-25(33)28-16-17-30(22)26(35)29-24(32)20-14-11-12-15-21(20)27/h11-12,14-15,22H,2-10,13,16-19H2,1H3,(H,28,33)(H,29,32,35). The van der Waals surface area contributed by atoms with E-state index in [0.717, 1.165) is 22.8 Å². The Morgan fingerprint density at radius 2 is 1.71 bits per heavy atom. The monoisotopic (exact) mass is 615 g/mol. The Bertz CT molecular complexity index is 852. The van der Waals surface area contributed by atoms with Gasteiger partial charge in [-0.3, -0.25) is 19.7 Å². The summed E-state index contributed by atoms with van der Waals surface area (Å²) in [7, 11) is 0. The minimum Gasteiger partial charge on any atom is -0.466 e. The Morgan fingerprint density at radius 1 is 1.09 bits per heavy atom. The number of piperazine rings is 1. The van der Waals surface area contributed by atoms with Gasteiger partial charge in [0.2, 0.25) is 5.91 Å². The Kier molecular flexibility index (Phi) is 14.2. The highest BCUT2D eigenvalue weighted by Crippen LogP contribution is 2.14. The molecular formula is C26H38IN3O4S. The van der Waals surface area contributed by atoms with Crippen LogP contribution >= 0.6 is 34.8 Å². The van der Waals surface area contributed by atoms with E-state index in [-0.39, 0.29) is 23.3 Å². The molecule has 7 nitrogen and oxygen atoms in total. The number of halogens is 1. The second kappa shape index (κ2) is 16.8. The van der Waals surface area contributed by atoms with Crippen LogP contribution in [0, 0.1) is 3.57 Å². The largest absolute Gasteiger partial charge is 0.466 e. The van der Waals surface area contributed by atoms with Crippen LogP contribution in [-0.2, 0) is 14.3 Å². The molecule has 1 atom stereocenters. The molecular weight excluding hydrogens is 577 g/mol. The SMILES string of the molecule is CCCCCCCCCCCCOC(=O)CC1C(=O)NCCN1C(=S)NC(=O)c1ccccc1I. The van der Waals surface area contributed by atoms with E-state index in [0.29, 0.717) is 25.3 Å². The molecule has 1 saturated heterocycles. The first-order valence-corrected chi connectivity index (χ1v) is 14.2. The second-order valence-electron chi connectivity index (χ2n) is 8.85. The van der Waals surface area contributed by atoms with Crippen molar-refractivity contribution in [2.24, 2.45) is 0 Å². The number of thiocarbonyl (C=S) groups is 1. The summed E-state index contributed by atoms with van der Waals surface area (Å²) in [5.74, 6) is -1.06. The molecule has 0 bridgehead atoms. The summed E-state index contributed by atoms with van der Waals surface area (Å²) in [6.45, 7) is 3.39. The summed E-state index contributed by atoms with van der Waals surface area (Å²) in [6.07, 6.45) is 12.0. The summed E-state index contributed by atoms with van der Waals surface area (Å²) in [5, 5.41) is 5.61. The number of ether oxygens (including phenoxy) is 1. The fourth-order valence-corrected chi connectivity index (χ4v) is 4.98. The van der Waals surface area contributed by atoms with E-state index < -0.39 is 12.0 Å². The van der Waals surface area contributed by atoms with Gasteiger partial charge in [0.25, 0.3) is 5.91 Å². The van der Waals surface area contributed by atoms with Gasteiger partial charge in [0.1, 0.15) is 6.04 Å². The van der Waals surface area contributed by atoms with Gasteiger partial charge in [-0.1, -0.05) is 76.8 Å². The van der Waals surface area contributed by atoms with E-state index in [2.05, 4.69) is 40.1 Å². The first-order chi connectivity index (χ1) is 16.9. The number of hydrogen-bond acceptors (Lipinski definition) is 5. The average molecular weight is 616 g/mol. The minimum absolute atomic E-state index is 0.109. The van der Waals surface area contributed by atoms with Gasteiger partial charge >= 0.3 is 5.97 Å². The van der Waals surface area contributed by atoms with Crippen molar-refractivity contribution < 1.29 is 19.1 Å². The van der Waals surface area contributed by atoms with Gasteiger partial charge in [-0.15, -0.1) is 0 Å². The van der Waals surface area contributed by atoms with Crippen LogP contribution in [0.5, 0.6) is 0 Å².